The number of carbonyl (C=O) groups is 1. The van der Waals surface area contributed by atoms with E-state index >= 15 is 0 Å². The third-order valence-electron chi connectivity index (χ3n) is 2.70. The number of nitrogens with one attached hydrogen (secondary N) is 1. The maximum absolute atomic E-state index is 13.7. The van der Waals surface area contributed by atoms with Gasteiger partial charge in [-0.2, -0.15) is 0 Å². The maximum atomic E-state index is 13.7. The summed E-state index contributed by atoms with van der Waals surface area (Å²) >= 11 is 0. The minimum absolute atomic E-state index is 0.00348. The maximum Gasteiger partial charge on any atom is 0.381 e. The van der Waals surface area contributed by atoms with E-state index < -0.39 is 23.1 Å². The van der Waals surface area contributed by atoms with Crippen molar-refractivity contribution in [3.05, 3.63) is 46.4 Å². The number of pyridine rings is 1. The summed E-state index contributed by atoms with van der Waals surface area (Å²) in [6.07, 6.45) is 1.36. The van der Waals surface area contributed by atoms with Crippen molar-refractivity contribution >= 4 is 17.4 Å². The number of rotatable bonds is 7. The summed E-state index contributed by atoms with van der Waals surface area (Å²) in [7, 11) is 1.46. The van der Waals surface area contributed by atoms with Crippen LogP contribution in [0.25, 0.3) is 0 Å². The number of anilines is 2. The van der Waals surface area contributed by atoms with Crippen LogP contribution in [0.5, 0.6) is 5.75 Å². The molecule has 23 heavy (non-hydrogen) atoms. The van der Waals surface area contributed by atoms with E-state index in [-0.39, 0.29) is 30.5 Å². The van der Waals surface area contributed by atoms with Crippen molar-refractivity contribution in [1.82, 2.24) is 4.98 Å². The van der Waals surface area contributed by atoms with Gasteiger partial charge >= 0.3 is 5.63 Å². The molecule has 2 heterocycles. The number of primary amides is 1. The Hall–Kier alpha value is -2.94. The lowest BCUT2D eigenvalue weighted by atomic mass is 10.3. The van der Waals surface area contributed by atoms with E-state index in [4.69, 9.17) is 19.6 Å². The molecule has 122 valence electrons. The van der Waals surface area contributed by atoms with E-state index in [9.17, 15) is 14.0 Å². The summed E-state index contributed by atoms with van der Waals surface area (Å²) in [5, 5.41) is 2.58. The van der Waals surface area contributed by atoms with Crippen molar-refractivity contribution in [3.63, 3.8) is 0 Å². The average molecular weight is 323 g/mol. The number of amides is 1. The Labute approximate surface area is 130 Å². The van der Waals surface area contributed by atoms with Crippen LogP contribution in [0, 0.1) is 5.82 Å². The van der Waals surface area contributed by atoms with Crippen molar-refractivity contribution in [1.29, 1.82) is 0 Å². The highest BCUT2D eigenvalue weighted by Gasteiger charge is 2.17. The van der Waals surface area contributed by atoms with E-state index in [2.05, 4.69) is 10.3 Å². The van der Waals surface area contributed by atoms with Crippen LogP contribution in [0.15, 0.2) is 33.6 Å². The van der Waals surface area contributed by atoms with Crippen molar-refractivity contribution in [2.75, 3.05) is 25.6 Å². The third-order valence-corrected chi connectivity index (χ3v) is 2.70. The van der Waals surface area contributed by atoms with Gasteiger partial charge in [0.1, 0.15) is 6.61 Å². The SMILES string of the molecule is COCCOc1c(Nc2ncccc2F)cc(C(N)=O)oc1=O. The van der Waals surface area contributed by atoms with Crippen molar-refractivity contribution < 1.29 is 23.1 Å². The van der Waals surface area contributed by atoms with Crippen LogP contribution < -0.4 is 21.4 Å². The lowest BCUT2D eigenvalue weighted by Gasteiger charge is -2.12. The molecular formula is C14H14FN3O5. The van der Waals surface area contributed by atoms with Crippen LogP contribution in [-0.4, -0.2) is 31.2 Å². The Morgan fingerprint density at radius 2 is 2.26 bits per heavy atom. The smallest absolute Gasteiger partial charge is 0.381 e. The number of aromatic nitrogens is 1. The van der Waals surface area contributed by atoms with Gasteiger partial charge in [0.2, 0.25) is 5.75 Å². The number of halogens is 1. The second-order valence-electron chi connectivity index (χ2n) is 4.31. The highest BCUT2D eigenvalue weighted by Crippen LogP contribution is 2.26. The zero-order valence-electron chi connectivity index (χ0n) is 12.2. The number of ether oxygens (including phenoxy) is 2. The molecule has 2 aromatic rings. The Morgan fingerprint density at radius 3 is 2.91 bits per heavy atom. The predicted octanol–water partition coefficient (Wildman–Crippen LogP) is 1.04. The summed E-state index contributed by atoms with van der Waals surface area (Å²) in [6.45, 7) is 0.269. The molecule has 0 atom stereocenters. The molecular weight excluding hydrogens is 309 g/mol. The largest absolute Gasteiger partial charge is 0.483 e. The fourth-order valence-corrected chi connectivity index (χ4v) is 1.67. The second kappa shape index (κ2) is 7.36. The normalized spacial score (nSPS) is 10.3. The minimum atomic E-state index is -0.949. The number of nitrogens with two attached hydrogens (primary N) is 1. The summed E-state index contributed by atoms with van der Waals surface area (Å²) in [5.74, 6) is -2.38. The molecule has 0 aliphatic rings. The van der Waals surface area contributed by atoms with E-state index in [1.807, 2.05) is 0 Å². The quantitative estimate of drug-likeness (QED) is 0.731. The van der Waals surface area contributed by atoms with Gasteiger partial charge in [-0.15, -0.1) is 0 Å². The first-order valence-electron chi connectivity index (χ1n) is 6.50. The Morgan fingerprint density at radius 1 is 1.48 bits per heavy atom. The van der Waals surface area contributed by atoms with E-state index in [0.717, 1.165) is 6.07 Å². The molecule has 0 radical (unpaired) electrons. The highest BCUT2D eigenvalue weighted by molar-refractivity contribution is 5.91. The lowest BCUT2D eigenvalue weighted by molar-refractivity contribution is 0.0967. The molecule has 8 nitrogen and oxygen atoms in total. The van der Waals surface area contributed by atoms with E-state index in [1.165, 1.54) is 25.4 Å². The molecule has 9 heteroatoms. The number of carbonyl (C=O) groups excluding carboxylic acids is 1. The predicted molar refractivity (Wildman–Crippen MR) is 78.3 cm³/mol. The summed E-state index contributed by atoms with van der Waals surface area (Å²) < 4.78 is 28.5. The molecule has 0 fully saturated rings. The Balaban J connectivity index is 2.42. The fraction of sp³-hybridized carbons (Fsp3) is 0.214. The monoisotopic (exact) mass is 323 g/mol. The molecule has 0 unspecified atom stereocenters. The average Bonchev–Trinajstić information content (AvgIpc) is 2.51. The number of hydrogen-bond acceptors (Lipinski definition) is 7. The zero-order valence-corrected chi connectivity index (χ0v) is 12.2. The van der Waals surface area contributed by atoms with Gasteiger partial charge in [-0.3, -0.25) is 4.79 Å². The van der Waals surface area contributed by atoms with Crippen LogP contribution in [0.4, 0.5) is 15.9 Å². The molecule has 0 aliphatic carbocycles. The molecule has 2 rings (SSSR count). The minimum Gasteiger partial charge on any atom is -0.483 e. The Kier molecular flexibility index (Phi) is 5.26. The van der Waals surface area contributed by atoms with Gasteiger partial charge in [0, 0.05) is 19.4 Å². The van der Waals surface area contributed by atoms with Crippen molar-refractivity contribution in [2.45, 2.75) is 0 Å². The third kappa shape index (κ3) is 4.04. The van der Waals surface area contributed by atoms with Crippen LogP contribution >= 0.6 is 0 Å². The van der Waals surface area contributed by atoms with Gasteiger partial charge in [-0.25, -0.2) is 14.2 Å². The first-order chi connectivity index (χ1) is 11.0. The van der Waals surface area contributed by atoms with Crippen LogP contribution in [0.2, 0.25) is 0 Å². The van der Waals surface area contributed by atoms with E-state index in [1.54, 1.807) is 0 Å². The molecule has 1 amide bonds. The van der Waals surface area contributed by atoms with Gasteiger partial charge in [0.25, 0.3) is 5.91 Å². The molecule has 0 saturated carbocycles. The Bertz CT molecular complexity index is 762. The summed E-state index contributed by atoms with van der Waals surface area (Å²) in [6, 6.07) is 3.73. The fourth-order valence-electron chi connectivity index (χ4n) is 1.67. The molecule has 0 spiro atoms. The molecule has 0 saturated heterocycles. The van der Waals surface area contributed by atoms with Crippen molar-refractivity contribution in [2.24, 2.45) is 5.73 Å². The summed E-state index contributed by atoms with van der Waals surface area (Å²) in [5.41, 5.74) is 4.17. The highest BCUT2D eigenvalue weighted by atomic mass is 19.1. The van der Waals surface area contributed by atoms with Gasteiger partial charge in [-0.05, 0) is 12.1 Å². The number of nitrogens with zero attached hydrogens (tertiary/aromatic N) is 1. The first-order valence-corrected chi connectivity index (χ1v) is 6.50. The molecule has 2 aromatic heterocycles. The van der Waals surface area contributed by atoms with Crippen molar-refractivity contribution in [3.8, 4) is 5.75 Å². The first kappa shape index (κ1) is 16.4. The summed E-state index contributed by atoms with van der Waals surface area (Å²) in [4.78, 5) is 26.9. The molecule has 0 aliphatic heterocycles. The standard InChI is InChI=1S/C14H14FN3O5/c1-21-5-6-22-11-9(7-10(12(16)19)23-14(11)20)18-13-8(15)3-2-4-17-13/h2-4,7H,5-6H2,1H3,(H2,16,19)(H,17,18). The van der Waals surface area contributed by atoms with Gasteiger partial charge in [0.15, 0.2) is 17.4 Å². The van der Waals surface area contributed by atoms with Crippen LogP contribution in [0.3, 0.4) is 0 Å². The lowest BCUT2D eigenvalue weighted by Crippen LogP contribution is -2.18. The van der Waals surface area contributed by atoms with E-state index in [0.29, 0.717) is 0 Å². The molecule has 3 N–H and O–H groups in total. The zero-order chi connectivity index (χ0) is 16.8. The van der Waals surface area contributed by atoms with Crippen LogP contribution in [0.1, 0.15) is 10.6 Å². The topological polar surface area (TPSA) is 117 Å². The van der Waals surface area contributed by atoms with Gasteiger partial charge in [0.05, 0.1) is 12.3 Å². The molecule has 0 aromatic carbocycles. The van der Waals surface area contributed by atoms with Gasteiger partial charge < -0.3 is 24.9 Å². The number of methoxy groups -OCH3 is 1. The second-order valence-corrected chi connectivity index (χ2v) is 4.31. The molecule has 0 bridgehead atoms. The number of hydrogen-bond donors (Lipinski definition) is 2. The van der Waals surface area contributed by atoms with Crippen LogP contribution in [-0.2, 0) is 4.74 Å². The van der Waals surface area contributed by atoms with Gasteiger partial charge in [-0.1, -0.05) is 0 Å².